The molecule has 1 aliphatic rings. The van der Waals surface area contributed by atoms with Gasteiger partial charge in [-0.2, -0.15) is 0 Å². The van der Waals surface area contributed by atoms with E-state index in [1.165, 1.54) is 36.4 Å². The van der Waals surface area contributed by atoms with Crippen molar-refractivity contribution in [3.8, 4) is 0 Å². The van der Waals surface area contributed by atoms with Gasteiger partial charge in [-0.25, -0.2) is 4.79 Å². The van der Waals surface area contributed by atoms with Gasteiger partial charge in [0.25, 0.3) is 11.4 Å². The fourth-order valence-electron chi connectivity index (χ4n) is 2.19. The lowest BCUT2D eigenvalue weighted by atomic mass is 10.1. The van der Waals surface area contributed by atoms with Crippen LogP contribution in [0.25, 0.3) is 11.8 Å². The van der Waals surface area contributed by atoms with Crippen molar-refractivity contribution in [1.29, 1.82) is 0 Å². The third-order valence-electron chi connectivity index (χ3n) is 3.30. The molecule has 2 aromatic rings. The number of carbonyl (C=O) groups is 1. The highest BCUT2D eigenvalue weighted by Crippen LogP contribution is 2.33. The maximum atomic E-state index is 11.8. The summed E-state index contributed by atoms with van der Waals surface area (Å²) in [7, 11) is 0. The average Bonchev–Trinajstić information content (AvgIpc) is 2.83. The van der Waals surface area contributed by atoms with Gasteiger partial charge < -0.3 is 4.74 Å². The van der Waals surface area contributed by atoms with Crippen LogP contribution in [0.2, 0.25) is 0 Å². The predicted molar refractivity (Wildman–Crippen MR) is 79.5 cm³/mol. The quantitative estimate of drug-likeness (QED) is 0.488. The number of ether oxygens (including phenoxy) is 1. The normalized spacial score (nSPS) is 14.4. The van der Waals surface area contributed by atoms with Crippen LogP contribution in [-0.4, -0.2) is 15.8 Å². The minimum Gasteiger partial charge on any atom is -0.422 e. The Kier molecular flexibility index (Phi) is 3.34. The van der Waals surface area contributed by atoms with Crippen LogP contribution in [0.3, 0.4) is 0 Å². The van der Waals surface area contributed by atoms with E-state index in [9.17, 15) is 25.0 Å². The van der Waals surface area contributed by atoms with Gasteiger partial charge in [0.2, 0.25) is 0 Å². The van der Waals surface area contributed by atoms with Crippen LogP contribution in [-0.2, 0) is 4.74 Å². The standard InChI is InChI=1S/C15H8N2O6/c18-15-13-8-11(17(21)22)5-6-12(13)14(23-15)7-9-1-3-10(4-2-9)16(19)20/h1-8H. The van der Waals surface area contributed by atoms with Gasteiger partial charge in [0.15, 0.2) is 0 Å². The van der Waals surface area contributed by atoms with Crippen LogP contribution in [0.1, 0.15) is 21.5 Å². The average molecular weight is 312 g/mol. The van der Waals surface area contributed by atoms with Crippen LogP contribution in [0.5, 0.6) is 0 Å². The molecule has 0 spiro atoms. The van der Waals surface area contributed by atoms with E-state index in [1.807, 2.05) is 0 Å². The smallest absolute Gasteiger partial charge is 0.344 e. The number of nitrogens with zero attached hydrogens (tertiary/aromatic N) is 2. The van der Waals surface area contributed by atoms with Crippen molar-refractivity contribution < 1.29 is 19.4 Å². The summed E-state index contributed by atoms with van der Waals surface area (Å²) < 4.78 is 5.11. The molecule has 3 rings (SSSR count). The van der Waals surface area contributed by atoms with Crippen molar-refractivity contribution >= 4 is 29.2 Å². The van der Waals surface area contributed by atoms with Gasteiger partial charge in [-0.1, -0.05) is 0 Å². The number of hydrogen-bond acceptors (Lipinski definition) is 6. The van der Waals surface area contributed by atoms with Gasteiger partial charge in [0.05, 0.1) is 15.4 Å². The lowest BCUT2D eigenvalue weighted by molar-refractivity contribution is -0.385. The van der Waals surface area contributed by atoms with E-state index < -0.39 is 15.8 Å². The summed E-state index contributed by atoms with van der Waals surface area (Å²) in [5.74, 6) is -0.425. The number of rotatable bonds is 3. The van der Waals surface area contributed by atoms with E-state index in [4.69, 9.17) is 4.74 Å². The van der Waals surface area contributed by atoms with Crippen LogP contribution in [0, 0.1) is 20.2 Å². The van der Waals surface area contributed by atoms with Crippen molar-refractivity contribution in [2.75, 3.05) is 0 Å². The fraction of sp³-hybridized carbons (Fsp3) is 0. The first-order valence-corrected chi connectivity index (χ1v) is 6.43. The largest absolute Gasteiger partial charge is 0.422 e. The molecule has 0 N–H and O–H groups in total. The van der Waals surface area contributed by atoms with Crippen molar-refractivity contribution in [1.82, 2.24) is 0 Å². The van der Waals surface area contributed by atoms with Crippen molar-refractivity contribution in [2.24, 2.45) is 0 Å². The van der Waals surface area contributed by atoms with Gasteiger partial charge in [0.1, 0.15) is 5.76 Å². The number of nitro benzene ring substituents is 2. The Morgan fingerprint density at radius 2 is 1.48 bits per heavy atom. The number of hydrogen-bond donors (Lipinski definition) is 0. The van der Waals surface area contributed by atoms with E-state index in [2.05, 4.69) is 0 Å². The Labute approximate surface area is 128 Å². The molecule has 0 unspecified atom stereocenters. The van der Waals surface area contributed by atoms with Gasteiger partial charge in [0, 0.05) is 29.8 Å². The molecular formula is C15H8N2O6. The molecule has 8 heteroatoms. The SMILES string of the molecule is O=C1OC(=Cc2ccc([N+](=O)[O-])cc2)c2ccc([N+](=O)[O-])cc21. The number of esters is 1. The summed E-state index contributed by atoms with van der Waals surface area (Å²) in [6.45, 7) is 0. The number of carbonyl (C=O) groups excluding carboxylic acids is 1. The fourth-order valence-corrected chi connectivity index (χ4v) is 2.19. The summed E-state index contributed by atoms with van der Waals surface area (Å²) in [4.78, 5) is 32.1. The number of cyclic esters (lactones) is 1. The first-order chi connectivity index (χ1) is 11.0. The highest BCUT2D eigenvalue weighted by Gasteiger charge is 2.28. The zero-order valence-electron chi connectivity index (χ0n) is 11.5. The number of nitro groups is 2. The molecule has 0 amide bonds. The molecule has 2 aromatic carbocycles. The Bertz CT molecular complexity index is 870. The summed E-state index contributed by atoms with van der Waals surface area (Å²) >= 11 is 0. The van der Waals surface area contributed by atoms with Gasteiger partial charge in [-0.05, 0) is 29.8 Å². The summed E-state index contributed by atoms with van der Waals surface area (Å²) in [5, 5.41) is 21.4. The van der Waals surface area contributed by atoms with E-state index in [0.717, 1.165) is 6.07 Å². The molecule has 0 radical (unpaired) electrons. The zero-order chi connectivity index (χ0) is 16.6. The summed E-state index contributed by atoms with van der Waals surface area (Å²) in [6, 6.07) is 9.58. The Balaban J connectivity index is 1.98. The molecule has 0 aromatic heterocycles. The highest BCUT2D eigenvalue weighted by atomic mass is 16.6. The molecule has 0 saturated carbocycles. The Morgan fingerprint density at radius 1 is 0.870 bits per heavy atom. The molecule has 0 bridgehead atoms. The summed E-state index contributed by atoms with van der Waals surface area (Å²) in [6.07, 6.45) is 1.54. The third-order valence-corrected chi connectivity index (χ3v) is 3.30. The lowest BCUT2D eigenvalue weighted by Crippen LogP contribution is -1.95. The highest BCUT2D eigenvalue weighted by molar-refractivity contribution is 6.06. The van der Waals surface area contributed by atoms with Crippen molar-refractivity contribution in [2.45, 2.75) is 0 Å². The number of fused-ring (bicyclic) bond motifs is 1. The topological polar surface area (TPSA) is 113 Å². The number of benzene rings is 2. The lowest BCUT2D eigenvalue weighted by Gasteiger charge is -1.99. The zero-order valence-corrected chi connectivity index (χ0v) is 11.5. The van der Waals surface area contributed by atoms with Crippen LogP contribution >= 0.6 is 0 Å². The predicted octanol–water partition coefficient (Wildman–Crippen LogP) is 3.17. The maximum Gasteiger partial charge on any atom is 0.344 e. The minimum atomic E-state index is -0.670. The van der Waals surface area contributed by atoms with E-state index >= 15 is 0 Å². The molecule has 1 heterocycles. The molecule has 23 heavy (non-hydrogen) atoms. The summed E-state index contributed by atoms with van der Waals surface area (Å²) in [5.41, 5.74) is 0.916. The monoisotopic (exact) mass is 312 g/mol. The van der Waals surface area contributed by atoms with Crippen LogP contribution < -0.4 is 0 Å². The number of non-ortho nitro benzene ring substituents is 2. The molecule has 0 fully saturated rings. The van der Waals surface area contributed by atoms with E-state index in [1.54, 1.807) is 6.08 Å². The second-order valence-electron chi connectivity index (χ2n) is 4.73. The van der Waals surface area contributed by atoms with Gasteiger partial charge >= 0.3 is 5.97 Å². The van der Waals surface area contributed by atoms with E-state index in [-0.39, 0.29) is 22.7 Å². The molecule has 1 aliphatic heterocycles. The van der Waals surface area contributed by atoms with Crippen molar-refractivity contribution in [3.05, 3.63) is 79.4 Å². The molecule has 0 saturated heterocycles. The molecule has 0 atom stereocenters. The second-order valence-corrected chi connectivity index (χ2v) is 4.73. The molecule has 114 valence electrons. The maximum absolute atomic E-state index is 11.8. The molecule has 8 nitrogen and oxygen atoms in total. The molecule has 0 aliphatic carbocycles. The van der Waals surface area contributed by atoms with Gasteiger partial charge in [-0.15, -0.1) is 0 Å². The van der Waals surface area contributed by atoms with Gasteiger partial charge in [-0.3, -0.25) is 20.2 Å². The minimum absolute atomic E-state index is 0.0495. The second kappa shape index (κ2) is 5.34. The molecular weight excluding hydrogens is 304 g/mol. The first kappa shape index (κ1) is 14.4. The first-order valence-electron chi connectivity index (χ1n) is 6.43. The third kappa shape index (κ3) is 2.64. The van der Waals surface area contributed by atoms with Crippen LogP contribution in [0.4, 0.5) is 11.4 Å². The van der Waals surface area contributed by atoms with E-state index in [0.29, 0.717) is 11.1 Å². The Hall–Kier alpha value is -3.55. The Morgan fingerprint density at radius 3 is 2.09 bits per heavy atom. The van der Waals surface area contributed by atoms with Crippen LogP contribution in [0.15, 0.2) is 42.5 Å². The van der Waals surface area contributed by atoms with Crippen molar-refractivity contribution in [3.63, 3.8) is 0 Å².